The second-order valence-corrected chi connectivity index (χ2v) is 5.84. The molecule has 0 fully saturated rings. The number of aliphatic hydroxyl groups is 1. The quantitative estimate of drug-likeness (QED) is 0.799. The molecule has 1 heterocycles. The largest absolute Gasteiger partial charge is 0.496 e. The molecule has 0 atom stereocenters. The summed E-state index contributed by atoms with van der Waals surface area (Å²) < 4.78 is 7.20. The lowest BCUT2D eigenvalue weighted by Gasteiger charge is -2.22. The number of ether oxygens (including phenoxy) is 1. The predicted molar refractivity (Wildman–Crippen MR) is 91.8 cm³/mol. The van der Waals surface area contributed by atoms with E-state index >= 15 is 0 Å². The lowest BCUT2D eigenvalue weighted by atomic mass is 10.1. The van der Waals surface area contributed by atoms with Crippen LogP contribution >= 0.6 is 0 Å². The molecule has 0 aliphatic rings. The Balaban J connectivity index is 1.99. The fourth-order valence-electron chi connectivity index (χ4n) is 2.57. The van der Waals surface area contributed by atoms with Gasteiger partial charge in [0.05, 0.1) is 32.3 Å². The van der Waals surface area contributed by atoms with Crippen LogP contribution in [-0.4, -0.2) is 45.7 Å². The van der Waals surface area contributed by atoms with Crippen LogP contribution in [-0.2, 0) is 24.8 Å². The van der Waals surface area contributed by atoms with Crippen molar-refractivity contribution in [3.05, 3.63) is 47.5 Å². The van der Waals surface area contributed by atoms with Crippen LogP contribution in [0, 0.1) is 6.92 Å². The highest BCUT2D eigenvalue weighted by atomic mass is 16.5. The summed E-state index contributed by atoms with van der Waals surface area (Å²) in [6.45, 7) is 2.71. The molecule has 0 aliphatic heterocycles. The molecule has 0 aliphatic carbocycles. The molecular formula is C18H25N3O3. The van der Waals surface area contributed by atoms with Gasteiger partial charge in [-0.2, -0.15) is 0 Å². The Morgan fingerprint density at radius 1 is 1.42 bits per heavy atom. The first-order valence-corrected chi connectivity index (χ1v) is 8.02. The third-order valence-electron chi connectivity index (χ3n) is 4.09. The van der Waals surface area contributed by atoms with Gasteiger partial charge in [-0.3, -0.25) is 4.79 Å². The van der Waals surface area contributed by atoms with Crippen LogP contribution in [0.15, 0.2) is 30.7 Å². The van der Waals surface area contributed by atoms with Gasteiger partial charge in [0.1, 0.15) is 5.75 Å². The Morgan fingerprint density at radius 2 is 2.21 bits per heavy atom. The van der Waals surface area contributed by atoms with Gasteiger partial charge in [-0.05, 0) is 30.5 Å². The maximum Gasteiger partial charge on any atom is 0.223 e. The lowest BCUT2D eigenvalue weighted by Crippen LogP contribution is -2.33. The van der Waals surface area contributed by atoms with E-state index in [-0.39, 0.29) is 12.5 Å². The highest BCUT2D eigenvalue weighted by Crippen LogP contribution is 2.20. The number of hydrogen-bond acceptors (Lipinski definition) is 4. The fraction of sp³-hybridized carbons (Fsp3) is 0.444. The molecule has 0 radical (unpaired) electrons. The zero-order chi connectivity index (χ0) is 17.5. The van der Waals surface area contributed by atoms with E-state index in [0.29, 0.717) is 25.9 Å². The molecule has 0 saturated heterocycles. The maximum atomic E-state index is 12.5. The van der Waals surface area contributed by atoms with Gasteiger partial charge in [0.15, 0.2) is 0 Å². The number of carbonyl (C=O) groups is 1. The molecule has 0 unspecified atom stereocenters. The highest BCUT2D eigenvalue weighted by molar-refractivity contribution is 5.76. The molecule has 1 amide bonds. The zero-order valence-electron chi connectivity index (χ0n) is 14.5. The van der Waals surface area contributed by atoms with Crippen molar-refractivity contribution in [1.29, 1.82) is 0 Å². The van der Waals surface area contributed by atoms with Gasteiger partial charge < -0.3 is 19.3 Å². The second kappa shape index (κ2) is 8.49. The van der Waals surface area contributed by atoms with E-state index in [4.69, 9.17) is 4.74 Å². The lowest BCUT2D eigenvalue weighted by molar-refractivity contribution is -0.132. The second-order valence-electron chi connectivity index (χ2n) is 5.84. The van der Waals surface area contributed by atoms with E-state index in [9.17, 15) is 9.90 Å². The van der Waals surface area contributed by atoms with Crippen LogP contribution < -0.4 is 4.74 Å². The van der Waals surface area contributed by atoms with Gasteiger partial charge in [0.25, 0.3) is 0 Å². The van der Waals surface area contributed by atoms with E-state index in [2.05, 4.69) is 4.98 Å². The van der Waals surface area contributed by atoms with E-state index < -0.39 is 0 Å². The maximum absolute atomic E-state index is 12.5. The summed E-state index contributed by atoms with van der Waals surface area (Å²) in [5.74, 6) is 0.854. The molecule has 130 valence electrons. The number of aliphatic hydroxyl groups excluding tert-OH is 1. The average Bonchev–Trinajstić information content (AvgIpc) is 2.98. The number of benzene rings is 1. The Morgan fingerprint density at radius 3 is 2.83 bits per heavy atom. The van der Waals surface area contributed by atoms with Gasteiger partial charge in [-0.1, -0.05) is 12.1 Å². The minimum atomic E-state index is -0.0536. The van der Waals surface area contributed by atoms with Crippen LogP contribution in [0.1, 0.15) is 23.2 Å². The monoisotopic (exact) mass is 331 g/mol. The number of carbonyl (C=O) groups excluding carboxylic acids is 1. The van der Waals surface area contributed by atoms with Gasteiger partial charge in [-0.25, -0.2) is 4.98 Å². The number of aryl methyl sites for hydroxylation is 3. The molecule has 6 heteroatoms. The van der Waals surface area contributed by atoms with Crippen molar-refractivity contribution in [2.75, 3.05) is 20.3 Å². The zero-order valence-corrected chi connectivity index (χ0v) is 14.5. The molecule has 0 spiro atoms. The molecule has 2 aromatic rings. The van der Waals surface area contributed by atoms with Crippen LogP contribution in [0.5, 0.6) is 5.75 Å². The van der Waals surface area contributed by atoms with Crippen molar-refractivity contribution in [2.24, 2.45) is 7.05 Å². The Hall–Kier alpha value is -2.34. The van der Waals surface area contributed by atoms with Crippen LogP contribution in [0.25, 0.3) is 0 Å². The Kier molecular flexibility index (Phi) is 6.37. The molecular weight excluding hydrogens is 306 g/mol. The van der Waals surface area contributed by atoms with E-state index in [1.807, 2.05) is 36.7 Å². The highest BCUT2D eigenvalue weighted by Gasteiger charge is 2.15. The normalized spacial score (nSPS) is 10.7. The van der Waals surface area contributed by atoms with Crippen LogP contribution in [0.2, 0.25) is 0 Å². The first-order valence-electron chi connectivity index (χ1n) is 8.02. The summed E-state index contributed by atoms with van der Waals surface area (Å²) in [7, 11) is 3.54. The van der Waals surface area contributed by atoms with Gasteiger partial charge in [-0.15, -0.1) is 0 Å². The summed E-state index contributed by atoms with van der Waals surface area (Å²) in [5, 5.41) is 9.23. The first-order chi connectivity index (χ1) is 11.5. The summed E-state index contributed by atoms with van der Waals surface area (Å²) >= 11 is 0. The fourth-order valence-corrected chi connectivity index (χ4v) is 2.57. The molecule has 2 rings (SSSR count). The van der Waals surface area contributed by atoms with Crippen molar-refractivity contribution in [1.82, 2.24) is 14.5 Å². The SMILES string of the molecule is COc1cc(CCC(=O)N(CCO)Cc2cncn2C)ccc1C. The number of nitrogens with zero attached hydrogens (tertiary/aromatic N) is 3. The topological polar surface area (TPSA) is 67.6 Å². The molecule has 1 N–H and O–H groups in total. The van der Waals surface area contributed by atoms with Gasteiger partial charge in [0.2, 0.25) is 5.91 Å². The summed E-state index contributed by atoms with van der Waals surface area (Å²) in [4.78, 5) is 18.3. The third kappa shape index (κ3) is 4.58. The number of rotatable bonds is 8. The Labute approximate surface area is 142 Å². The molecule has 6 nitrogen and oxygen atoms in total. The van der Waals surface area contributed by atoms with E-state index in [0.717, 1.165) is 22.6 Å². The van der Waals surface area contributed by atoms with Crippen molar-refractivity contribution >= 4 is 5.91 Å². The van der Waals surface area contributed by atoms with Gasteiger partial charge >= 0.3 is 0 Å². The third-order valence-corrected chi connectivity index (χ3v) is 4.09. The summed E-state index contributed by atoms with van der Waals surface area (Å²) in [5.41, 5.74) is 3.08. The van der Waals surface area contributed by atoms with Crippen molar-refractivity contribution in [2.45, 2.75) is 26.3 Å². The molecule has 0 saturated carbocycles. The first kappa shape index (κ1) is 18.0. The van der Waals surface area contributed by atoms with E-state index in [1.165, 1.54) is 0 Å². The molecule has 1 aromatic carbocycles. The smallest absolute Gasteiger partial charge is 0.223 e. The summed E-state index contributed by atoms with van der Waals surface area (Å²) in [6, 6.07) is 5.99. The van der Waals surface area contributed by atoms with Crippen LogP contribution in [0.4, 0.5) is 0 Å². The Bertz CT molecular complexity index is 682. The van der Waals surface area contributed by atoms with Crippen LogP contribution in [0.3, 0.4) is 0 Å². The number of aromatic nitrogens is 2. The predicted octanol–water partition coefficient (Wildman–Crippen LogP) is 1.69. The number of hydrogen-bond donors (Lipinski definition) is 1. The number of imidazole rings is 1. The molecule has 1 aromatic heterocycles. The number of methoxy groups -OCH3 is 1. The van der Waals surface area contributed by atoms with Crippen molar-refractivity contribution < 1.29 is 14.6 Å². The molecule has 0 bridgehead atoms. The van der Waals surface area contributed by atoms with Crippen molar-refractivity contribution in [3.8, 4) is 5.75 Å². The minimum Gasteiger partial charge on any atom is -0.496 e. The standard InChI is InChI=1S/C18H25N3O3/c1-14-4-5-15(10-17(14)24-3)6-7-18(23)21(8-9-22)12-16-11-19-13-20(16)2/h4-5,10-11,13,22H,6-9,12H2,1-3H3. The summed E-state index contributed by atoms with van der Waals surface area (Å²) in [6.07, 6.45) is 4.48. The van der Waals surface area contributed by atoms with Gasteiger partial charge in [0, 0.05) is 26.2 Å². The van der Waals surface area contributed by atoms with E-state index in [1.54, 1.807) is 24.5 Å². The average molecular weight is 331 g/mol. The minimum absolute atomic E-state index is 0.0183. The number of amides is 1. The molecule has 24 heavy (non-hydrogen) atoms. The van der Waals surface area contributed by atoms with Crippen molar-refractivity contribution in [3.63, 3.8) is 0 Å².